The maximum atomic E-state index is 12.1. The van der Waals surface area contributed by atoms with Crippen LogP contribution in [0.4, 0.5) is 0 Å². The molecule has 1 amide bonds. The van der Waals surface area contributed by atoms with Crippen LogP contribution in [0.3, 0.4) is 0 Å². The largest absolute Gasteiger partial charge is 0.344 e. The third kappa shape index (κ3) is 2.71. The first-order valence-electron chi connectivity index (χ1n) is 6.17. The van der Waals surface area contributed by atoms with E-state index < -0.39 is 0 Å². The smallest absolute Gasteiger partial charge is 0.239 e. The number of hydrogen-bond donors (Lipinski definition) is 1. The zero-order chi connectivity index (χ0) is 10.8. The zero-order valence-corrected chi connectivity index (χ0v) is 9.83. The van der Waals surface area contributed by atoms with E-state index in [9.17, 15) is 4.79 Å². The Morgan fingerprint density at radius 1 is 1.40 bits per heavy atom. The van der Waals surface area contributed by atoms with E-state index in [0.29, 0.717) is 11.8 Å². The molecule has 2 atom stereocenters. The molecule has 86 valence electrons. The molecule has 1 N–H and O–H groups in total. The topological polar surface area (TPSA) is 32.3 Å². The molecule has 0 radical (unpaired) electrons. The van der Waals surface area contributed by atoms with Crippen molar-refractivity contribution >= 4 is 5.91 Å². The van der Waals surface area contributed by atoms with Gasteiger partial charge < -0.3 is 10.2 Å². The molecule has 2 unspecified atom stereocenters. The average Bonchev–Trinajstić information content (AvgIpc) is 3.01. The molecule has 3 nitrogen and oxygen atoms in total. The molecule has 0 bridgehead atoms. The van der Waals surface area contributed by atoms with Crippen molar-refractivity contribution in [1.29, 1.82) is 0 Å². The molecule has 1 aliphatic carbocycles. The second-order valence-corrected chi connectivity index (χ2v) is 5.21. The third-order valence-corrected chi connectivity index (χ3v) is 3.64. The van der Waals surface area contributed by atoms with E-state index in [1.54, 1.807) is 0 Å². The SMILES string of the molecule is CC1CCCNC1C(=O)N(C)CC1CC1. The van der Waals surface area contributed by atoms with Crippen LogP contribution in [0.15, 0.2) is 0 Å². The van der Waals surface area contributed by atoms with Crippen molar-refractivity contribution in [3.05, 3.63) is 0 Å². The normalized spacial score (nSPS) is 31.3. The van der Waals surface area contributed by atoms with Gasteiger partial charge in [-0.05, 0) is 44.1 Å². The van der Waals surface area contributed by atoms with Crippen molar-refractivity contribution in [2.75, 3.05) is 20.1 Å². The highest BCUT2D eigenvalue weighted by Gasteiger charge is 2.32. The van der Waals surface area contributed by atoms with Crippen LogP contribution in [-0.4, -0.2) is 37.0 Å². The van der Waals surface area contributed by atoms with E-state index >= 15 is 0 Å². The molecule has 3 heteroatoms. The highest BCUT2D eigenvalue weighted by molar-refractivity contribution is 5.82. The lowest BCUT2D eigenvalue weighted by Crippen LogP contribution is -2.51. The van der Waals surface area contributed by atoms with Crippen LogP contribution in [-0.2, 0) is 4.79 Å². The Morgan fingerprint density at radius 3 is 2.73 bits per heavy atom. The molecule has 0 spiro atoms. The molecule has 0 aromatic carbocycles. The molecule has 2 rings (SSSR count). The summed E-state index contributed by atoms with van der Waals surface area (Å²) < 4.78 is 0. The second kappa shape index (κ2) is 4.52. The van der Waals surface area contributed by atoms with Crippen LogP contribution in [0.5, 0.6) is 0 Å². The summed E-state index contributed by atoms with van der Waals surface area (Å²) >= 11 is 0. The first kappa shape index (κ1) is 10.9. The molecular formula is C12H22N2O. The van der Waals surface area contributed by atoms with Crippen molar-refractivity contribution < 1.29 is 4.79 Å². The fraction of sp³-hybridized carbons (Fsp3) is 0.917. The molecule has 0 aromatic heterocycles. The predicted molar refractivity (Wildman–Crippen MR) is 60.5 cm³/mol. The van der Waals surface area contributed by atoms with Crippen molar-refractivity contribution in [1.82, 2.24) is 10.2 Å². The van der Waals surface area contributed by atoms with Crippen LogP contribution in [0, 0.1) is 11.8 Å². The quantitative estimate of drug-likeness (QED) is 0.760. The lowest BCUT2D eigenvalue weighted by molar-refractivity contribution is -0.134. The molecule has 2 fully saturated rings. The molecular weight excluding hydrogens is 188 g/mol. The maximum Gasteiger partial charge on any atom is 0.239 e. The summed E-state index contributed by atoms with van der Waals surface area (Å²) in [7, 11) is 1.95. The molecule has 1 saturated heterocycles. The number of amides is 1. The maximum absolute atomic E-state index is 12.1. The molecule has 0 aromatic rings. The van der Waals surface area contributed by atoms with Gasteiger partial charge in [0.25, 0.3) is 0 Å². The first-order chi connectivity index (χ1) is 7.18. The van der Waals surface area contributed by atoms with Gasteiger partial charge in [-0.25, -0.2) is 0 Å². The van der Waals surface area contributed by atoms with E-state index in [-0.39, 0.29) is 6.04 Å². The Kier molecular flexibility index (Phi) is 3.29. The summed E-state index contributed by atoms with van der Waals surface area (Å²) in [6.07, 6.45) is 5.01. The van der Waals surface area contributed by atoms with Crippen LogP contribution in [0.1, 0.15) is 32.6 Å². The van der Waals surface area contributed by atoms with Crippen molar-refractivity contribution in [2.24, 2.45) is 11.8 Å². The lowest BCUT2D eigenvalue weighted by atomic mass is 9.92. The average molecular weight is 210 g/mol. The standard InChI is InChI=1S/C12H22N2O/c1-9-4-3-7-13-11(9)12(15)14(2)8-10-5-6-10/h9-11,13H,3-8H2,1-2H3. The minimum absolute atomic E-state index is 0.0718. The Balaban J connectivity index is 1.86. The van der Waals surface area contributed by atoms with Gasteiger partial charge in [-0.1, -0.05) is 6.92 Å². The summed E-state index contributed by atoms with van der Waals surface area (Å²) in [5, 5.41) is 3.35. The number of nitrogens with one attached hydrogen (secondary N) is 1. The number of hydrogen-bond acceptors (Lipinski definition) is 2. The van der Waals surface area contributed by atoms with Crippen LogP contribution in [0.25, 0.3) is 0 Å². The van der Waals surface area contributed by atoms with Crippen LogP contribution in [0.2, 0.25) is 0 Å². The molecule has 1 heterocycles. The number of likely N-dealkylation sites (N-methyl/N-ethyl adjacent to an activating group) is 1. The van der Waals surface area contributed by atoms with E-state index in [1.807, 2.05) is 11.9 Å². The number of rotatable bonds is 3. The van der Waals surface area contributed by atoms with Gasteiger partial charge >= 0.3 is 0 Å². The number of piperidine rings is 1. The monoisotopic (exact) mass is 210 g/mol. The lowest BCUT2D eigenvalue weighted by Gasteiger charge is -2.32. The summed E-state index contributed by atoms with van der Waals surface area (Å²) in [6, 6.07) is 0.0718. The van der Waals surface area contributed by atoms with Crippen molar-refractivity contribution in [3.63, 3.8) is 0 Å². The number of carbonyl (C=O) groups excluding carboxylic acids is 1. The number of nitrogens with zero attached hydrogens (tertiary/aromatic N) is 1. The summed E-state index contributed by atoms with van der Waals surface area (Å²) in [5.41, 5.74) is 0. The summed E-state index contributed by atoms with van der Waals surface area (Å²) in [5.74, 6) is 1.58. The van der Waals surface area contributed by atoms with E-state index in [2.05, 4.69) is 12.2 Å². The summed E-state index contributed by atoms with van der Waals surface area (Å²) in [4.78, 5) is 14.1. The van der Waals surface area contributed by atoms with E-state index in [4.69, 9.17) is 0 Å². The second-order valence-electron chi connectivity index (χ2n) is 5.21. The molecule has 1 aliphatic heterocycles. The molecule has 1 saturated carbocycles. The first-order valence-corrected chi connectivity index (χ1v) is 6.17. The highest BCUT2D eigenvalue weighted by Crippen LogP contribution is 2.29. The van der Waals surface area contributed by atoms with Gasteiger partial charge in [0, 0.05) is 13.6 Å². The van der Waals surface area contributed by atoms with Gasteiger partial charge in [-0.15, -0.1) is 0 Å². The van der Waals surface area contributed by atoms with Crippen LogP contribution < -0.4 is 5.32 Å². The van der Waals surface area contributed by atoms with Crippen molar-refractivity contribution in [3.8, 4) is 0 Å². The fourth-order valence-electron chi connectivity index (χ4n) is 2.40. The minimum atomic E-state index is 0.0718. The Morgan fingerprint density at radius 2 is 2.13 bits per heavy atom. The van der Waals surface area contributed by atoms with Gasteiger partial charge in [-0.3, -0.25) is 4.79 Å². The van der Waals surface area contributed by atoms with Crippen molar-refractivity contribution in [2.45, 2.75) is 38.6 Å². The molecule has 15 heavy (non-hydrogen) atoms. The summed E-state index contributed by atoms with van der Waals surface area (Å²) in [6.45, 7) is 4.14. The third-order valence-electron chi connectivity index (χ3n) is 3.64. The van der Waals surface area contributed by atoms with Gasteiger partial charge in [0.2, 0.25) is 5.91 Å². The fourth-order valence-corrected chi connectivity index (χ4v) is 2.40. The Labute approximate surface area is 92.2 Å². The van der Waals surface area contributed by atoms with Gasteiger partial charge in [-0.2, -0.15) is 0 Å². The van der Waals surface area contributed by atoms with E-state index in [1.165, 1.54) is 25.7 Å². The van der Waals surface area contributed by atoms with E-state index in [0.717, 1.165) is 19.0 Å². The van der Waals surface area contributed by atoms with Gasteiger partial charge in [0.05, 0.1) is 6.04 Å². The predicted octanol–water partition coefficient (Wildman–Crippen LogP) is 1.24. The Hall–Kier alpha value is -0.570. The molecule has 2 aliphatic rings. The minimum Gasteiger partial charge on any atom is -0.344 e. The van der Waals surface area contributed by atoms with Crippen LogP contribution >= 0.6 is 0 Å². The van der Waals surface area contributed by atoms with Gasteiger partial charge in [0.1, 0.15) is 0 Å². The Bertz CT molecular complexity index is 238. The number of carbonyl (C=O) groups is 1. The highest BCUT2D eigenvalue weighted by atomic mass is 16.2. The zero-order valence-electron chi connectivity index (χ0n) is 9.83. The van der Waals surface area contributed by atoms with Gasteiger partial charge in [0.15, 0.2) is 0 Å².